The van der Waals surface area contributed by atoms with Gasteiger partial charge in [-0.3, -0.25) is 4.79 Å². The highest BCUT2D eigenvalue weighted by Crippen LogP contribution is 2.27. The van der Waals surface area contributed by atoms with E-state index in [4.69, 9.17) is 27.7 Å². The number of thiazole rings is 1. The fourth-order valence-electron chi connectivity index (χ4n) is 0.625. The molecule has 1 aromatic rings. The van der Waals surface area contributed by atoms with Crippen LogP contribution >= 0.6 is 22.9 Å². The van der Waals surface area contributed by atoms with Crippen molar-refractivity contribution in [2.75, 3.05) is 0 Å². The summed E-state index contributed by atoms with van der Waals surface area (Å²) in [6.45, 7) is 0. The number of carbonyl (C=O) groups is 1. The van der Waals surface area contributed by atoms with Gasteiger partial charge in [0.15, 0.2) is 11.8 Å². The number of nitrogens with two attached hydrogens (primary N) is 1. The lowest BCUT2D eigenvalue weighted by Crippen LogP contribution is -2.20. The predicted octanol–water partition coefficient (Wildman–Crippen LogP) is 0.187. The van der Waals surface area contributed by atoms with Crippen LogP contribution in [0.3, 0.4) is 0 Å². The Kier molecular flexibility index (Phi) is 2.83. The number of rotatable bonds is 2. The summed E-state index contributed by atoms with van der Waals surface area (Å²) in [5.74, 6) is -0.921. The number of nitrogens with zero attached hydrogens (tertiary/aromatic N) is 2. The van der Waals surface area contributed by atoms with E-state index < -0.39 is 12.0 Å². The summed E-state index contributed by atoms with van der Waals surface area (Å²) in [5, 5.41) is 17.6. The van der Waals surface area contributed by atoms with Gasteiger partial charge in [-0.2, -0.15) is 5.26 Å². The van der Waals surface area contributed by atoms with Crippen molar-refractivity contribution in [2.24, 2.45) is 5.73 Å². The van der Waals surface area contributed by atoms with Gasteiger partial charge in [-0.05, 0) is 0 Å². The summed E-state index contributed by atoms with van der Waals surface area (Å²) in [5.41, 5.74) is 4.81. The minimum Gasteiger partial charge on any atom is -0.376 e. The summed E-state index contributed by atoms with van der Waals surface area (Å²) in [4.78, 5) is 14.1. The molecule has 13 heavy (non-hydrogen) atoms. The molecule has 1 heterocycles. The number of primary amides is 1. The summed E-state index contributed by atoms with van der Waals surface area (Å²) in [7, 11) is 0. The maximum Gasteiger partial charge on any atom is 0.253 e. The molecule has 0 aliphatic rings. The topological polar surface area (TPSA) is 100 Å². The first-order chi connectivity index (χ1) is 6.06. The van der Waals surface area contributed by atoms with Gasteiger partial charge in [0.25, 0.3) is 5.91 Å². The molecule has 5 nitrogen and oxygen atoms in total. The molecule has 68 valence electrons. The van der Waals surface area contributed by atoms with Crippen LogP contribution in [-0.2, 0) is 4.79 Å². The zero-order valence-electron chi connectivity index (χ0n) is 6.19. The smallest absolute Gasteiger partial charge is 0.253 e. The molecule has 0 aliphatic carbocycles. The number of aliphatic hydroxyl groups is 1. The van der Waals surface area contributed by atoms with Gasteiger partial charge >= 0.3 is 0 Å². The lowest BCUT2D eigenvalue weighted by Gasteiger charge is -1.98. The van der Waals surface area contributed by atoms with Crippen molar-refractivity contribution in [3.63, 3.8) is 0 Å². The van der Waals surface area contributed by atoms with Crippen LogP contribution in [0.1, 0.15) is 16.8 Å². The summed E-state index contributed by atoms with van der Waals surface area (Å²) in [6.07, 6.45) is -1.50. The second-order valence-corrected chi connectivity index (χ2v) is 3.72. The lowest BCUT2D eigenvalue weighted by atomic mass is 10.3. The van der Waals surface area contributed by atoms with Crippen molar-refractivity contribution < 1.29 is 9.90 Å². The molecule has 1 atom stereocenters. The van der Waals surface area contributed by atoms with E-state index in [1.807, 2.05) is 0 Å². The normalized spacial score (nSPS) is 12.1. The molecule has 1 rings (SSSR count). The Balaban J connectivity index is 3.05. The highest BCUT2D eigenvalue weighted by molar-refractivity contribution is 7.16. The van der Waals surface area contributed by atoms with E-state index >= 15 is 0 Å². The van der Waals surface area contributed by atoms with Gasteiger partial charge in [0.05, 0.1) is 0 Å². The van der Waals surface area contributed by atoms with Crippen LogP contribution in [0.15, 0.2) is 0 Å². The van der Waals surface area contributed by atoms with Gasteiger partial charge in [-0.15, -0.1) is 11.3 Å². The second-order valence-electron chi connectivity index (χ2n) is 2.09. The number of aromatic nitrogens is 1. The van der Waals surface area contributed by atoms with E-state index in [-0.39, 0.29) is 15.0 Å². The molecule has 1 amide bonds. The van der Waals surface area contributed by atoms with Crippen molar-refractivity contribution in [3.05, 3.63) is 15.0 Å². The number of hydrogen-bond donors (Lipinski definition) is 2. The van der Waals surface area contributed by atoms with Crippen molar-refractivity contribution in [3.8, 4) is 6.07 Å². The largest absolute Gasteiger partial charge is 0.376 e. The van der Waals surface area contributed by atoms with Crippen molar-refractivity contribution >= 4 is 28.8 Å². The van der Waals surface area contributed by atoms with Gasteiger partial charge < -0.3 is 10.8 Å². The van der Waals surface area contributed by atoms with E-state index in [2.05, 4.69) is 4.98 Å². The van der Waals surface area contributed by atoms with Crippen LogP contribution in [0.4, 0.5) is 0 Å². The Morgan fingerprint density at radius 2 is 2.46 bits per heavy atom. The van der Waals surface area contributed by atoms with E-state index in [1.165, 1.54) is 0 Å². The highest BCUT2D eigenvalue weighted by Gasteiger charge is 2.20. The number of amides is 1. The van der Waals surface area contributed by atoms with Crippen LogP contribution in [0, 0.1) is 11.3 Å². The third kappa shape index (κ3) is 1.95. The van der Waals surface area contributed by atoms with Crippen LogP contribution in [0.25, 0.3) is 0 Å². The standard InChI is InChI=1S/C6H4ClN3O2S/c7-4-2(1-8)10-6(13-4)3(11)5(9)12/h3,11H,(H2,9,12). The Morgan fingerprint density at radius 3 is 2.85 bits per heavy atom. The van der Waals surface area contributed by atoms with Crippen LogP contribution in [-0.4, -0.2) is 16.0 Å². The zero-order chi connectivity index (χ0) is 10.0. The third-order valence-corrected chi connectivity index (χ3v) is 2.52. The minimum atomic E-state index is -1.50. The Morgan fingerprint density at radius 1 is 1.85 bits per heavy atom. The van der Waals surface area contributed by atoms with Crippen LogP contribution in [0.2, 0.25) is 4.34 Å². The summed E-state index contributed by atoms with van der Waals surface area (Å²) >= 11 is 6.42. The monoisotopic (exact) mass is 217 g/mol. The van der Waals surface area contributed by atoms with Crippen molar-refractivity contribution in [1.29, 1.82) is 5.26 Å². The first kappa shape index (κ1) is 9.92. The first-order valence-electron chi connectivity index (χ1n) is 3.10. The Hall–Kier alpha value is -1.16. The maximum absolute atomic E-state index is 10.5. The van der Waals surface area contributed by atoms with E-state index in [9.17, 15) is 4.79 Å². The lowest BCUT2D eigenvalue weighted by molar-refractivity contribution is -0.126. The maximum atomic E-state index is 10.5. The third-order valence-electron chi connectivity index (χ3n) is 1.21. The van der Waals surface area contributed by atoms with Crippen LogP contribution < -0.4 is 5.73 Å². The van der Waals surface area contributed by atoms with Gasteiger partial charge in [0, 0.05) is 0 Å². The van der Waals surface area contributed by atoms with Crippen molar-refractivity contribution in [2.45, 2.75) is 6.10 Å². The Bertz CT molecular complexity index is 384. The molecule has 0 saturated carbocycles. The van der Waals surface area contributed by atoms with Gasteiger partial charge in [-0.1, -0.05) is 11.6 Å². The number of aliphatic hydroxyl groups excluding tert-OH is 1. The molecular formula is C6H4ClN3O2S. The molecule has 0 bridgehead atoms. The molecule has 0 aromatic carbocycles. The molecule has 3 N–H and O–H groups in total. The number of halogens is 1. The Labute approximate surface area is 82.4 Å². The van der Waals surface area contributed by atoms with Crippen LogP contribution in [0.5, 0.6) is 0 Å². The molecule has 0 aliphatic heterocycles. The number of hydrogen-bond acceptors (Lipinski definition) is 5. The van der Waals surface area contributed by atoms with Crippen molar-refractivity contribution in [1.82, 2.24) is 4.98 Å². The molecule has 0 saturated heterocycles. The van der Waals surface area contributed by atoms with Gasteiger partial charge in [0.1, 0.15) is 15.4 Å². The molecule has 0 radical (unpaired) electrons. The first-order valence-corrected chi connectivity index (χ1v) is 4.29. The molecule has 1 unspecified atom stereocenters. The van der Waals surface area contributed by atoms with E-state index in [1.54, 1.807) is 6.07 Å². The fourth-order valence-corrected chi connectivity index (χ4v) is 1.68. The predicted molar refractivity (Wildman–Crippen MR) is 46.0 cm³/mol. The molecule has 0 fully saturated rings. The van der Waals surface area contributed by atoms with Gasteiger partial charge in [-0.25, -0.2) is 4.98 Å². The quantitative estimate of drug-likeness (QED) is 0.738. The number of nitriles is 1. The fraction of sp³-hybridized carbons (Fsp3) is 0.167. The molecule has 7 heteroatoms. The van der Waals surface area contributed by atoms with E-state index in [0.717, 1.165) is 11.3 Å². The molecular weight excluding hydrogens is 214 g/mol. The molecule has 1 aromatic heterocycles. The van der Waals surface area contributed by atoms with Gasteiger partial charge in [0.2, 0.25) is 0 Å². The minimum absolute atomic E-state index is 0.0121. The number of carbonyl (C=O) groups excluding carboxylic acids is 1. The zero-order valence-corrected chi connectivity index (χ0v) is 7.76. The average molecular weight is 218 g/mol. The SMILES string of the molecule is N#Cc1nc(C(O)C(N)=O)sc1Cl. The molecule has 0 spiro atoms. The highest BCUT2D eigenvalue weighted by atomic mass is 35.5. The second kappa shape index (κ2) is 3.70. The summed E-state index contributed by atoms with van der Waals surface area (Å²) < 4.78 is 0.137. The van der Waals surface area contributed by atoms with E-state index in [0.29, 0.717) is 0 Å². The summed E-state index contributed by atoms with van der Waals surface area (Å²) in [6, 6.07) is 1.71. The average Bonchev–Trinajstić information content (AvgIpc) is 2.45.